The zero-order valence-electron chi connectivity index (χ0n) is 11.5. The van der Waals surface area contributed by atoms with E-state index in [4.69, 9.17) is 9.88 Å². The van der Waals surface area contributed by atoms with Crippen molar-refractivity contribution in [3.05, 3.63) is 41.0 Å². The van der Waals surface area contributed by atoms with E-state index in [9.17, 15) is 18.5 Å². The Kier molecular flexibility index (Phi) is 6.32. The molecule has 1 rings (SSSR count). The minimum atomic E-state index is -4.08. The highest BCUT2D eigenvalue weighted by molar-refractivity contribution is 7.89. The van der Waals surface area contributed by atoms with Crippen molar-refractivity contribution < 1.29 is 18.1 Å². The number of hydrogen-bond acceptors (Lipinski definition) is 5. The standard InChI is InChI=1S/C13H18N2O5S/c1-2-3-4-5-6-9-20-12-8-7-11(15(16)17)10-13(12)21(14,18)19/h2,7-8,10H,1,3-6,9H2,(H2,14,18,19). The number of non-ortho nitro benzene ring substituents is 1. The lowest BCUT2D eigenvalue weighted by Gasteiger charge is -2.09. The van der Waals surface area contributed by atoms with Gasteiger partial charge in [0.1, 0.15) is 10.6 Å². The maximum Gasteiger partial charge on any atom is 0.271 e. The molecule has 0 spiro atoms. The summed E-state index contributed by atoms with van der Waals surface area (Å²) >= 11 is 0. The molecule has 0 saturated heterocycles. The summed E-state index contributed by atoms with van der Waals surface area (Å²) in [7, 11) is -4.08. The molecule has 1 aromatic carbocycles. The number of hydrogen-bond donors (Lipinski definition) is 1. The summed E-state index contributed by atoms with van der Waals surface area (Å²) in [6.45, 7) is 3.94. The Hall–Kier alpha value is -1.93. The first-order chi connectivity index (χ1) is 9.86. The molecule has 0 aliphatic carbocycles. The molecule has 0 heterocycles. The molecule has 8 heteroatoms. The third-order valence-electron chi connectivity index (χ3n) is 2.75. The topological polar surface area (TPSA) is 113 Å². The molecule has 1 aromatic rings. The third-order valence-corrected chi connectivity index (χ3v) is 3.69. The summed E-state index contributed by atoms with van der Waals surface area (Å²) in [4.78, 5) is 9.61. The number of primary sulfonamides is 1. The summed E-state index contributed by atoms with van der Waals surface area (Å²) in [6.07, 6.45) is 5.39. The summed E-state index contributed by atoms with van der Waals surface area (Å²) in [6, 6.07) is 3.34. The zero-order chi connectivity index (χ0) is 15.9. The predicted molar refractivity (Wildman–Crippen MR) is 78.6 cm³/mol. The first-order valence-electron chi connectivity index (χ1n) is 6.41. The van der Waals surface area contributed by atoms with Crippen molar-refractivity contribution >= 4 is 15.7 Å². The number of rotatable bonds is 9. The van der Waals surface area contributed by atoms with Crippen LogP contribution in [0, 0.1) is 10.1 Å². The quantitative estimate of drug-likeness (QED) is 0.325. The molecular weight excluding hydrogens is 296 g/mol. The summed E-state index contributed by atoms with van der Waals surface area (Å²) < 4.78 is 28.3. The maximum absolute atomic E-state index is 11.5. The van der Waals surface area contributed by atoms with Gasteiger partial charge >= 0.3 is 0 Å². The van der Waals surface area contributed by atoms with Crippen LogP contribution in [-0.4, -0.2) is 19.9 Å². The second kappa shape index (κ2) is 7.75. The van der Waals surface area contributed by atoms with Crippen molar-refractivity contribution in [3.63, 3.8) is 0 Å². The molecule has 0 aromatic heterocycles. The van der Waals surface area contributed by atoms with Gasteiger partial charge in [0, 0.05) is 12.1 Å². The van der Waals surface area contributed by atoms with E-state index in [0.29, 0.717) is 6.61 Å². The Morgan fingerprint density at radius 2 is 2.05 bits per heavy atom. The van der Waals surface area contributed by atoms with E-state index in [1.807, 2.05) is 6.08 Å². The molecule has 2 N–H and O–H groups in total. The number of sulfonamides is 1. The molecule has 0 unspecified atom stereocenters. The van der Waals surface area contributed by atoms with Gasteiger partial charge in [-0.25, -0.2) is 13.6 Å². The van der Waals surface area contributed by atoms with Crippen LogP contribution in [0.25, 0.3) is 0 Å². The minimum Gasteiger partial charge on any atom is -0.492 e. The third kappa shape index (κ3) is 5.52. The average molecular weight is 314 g/mol. The van der Waals surface area contributed by atoms with Crippen LogP contribution in [0.2, 0.25) is 0 Å². The van der Waals surface area contributed by atoms with Gasteiger partial charge < -0.3 is 4.74 Å². The van der Waals surface area contributed by atoms with Gasteiger partial charge in [0.2, 0.25) is 10.0 Å². The van der Waals surface area contributed by atoms with Gasteiger partial charge in [-0.1, -0.05) is 6.08 Å². The first kappa shape index (κ1) is 17.1. The fraction of sp³-hybridized carbons (Fsp3) is 0.385. The smallest absolute Gasteiger partial charge is 0.271 e. The van der Waals surface area contributed by atoms with Crippen LogP contribution < -0.4 is 9.88 Å². The van der Waals surface area contributed by atoms with Crippen molar-refractivity contribution in [1.82, 2.24) is 0 Å². The highest BCUT2D eigenvalue weighted by Crippen LogP contribution is 2.27. The van der Waals surface area contributed by atoms with E-state index < -0.39 is 14.9 Å². The van der Waals surface area contributed by atoms with Gasteiger partial charge in [-0.3, -0.25) is 10.1 Å². The number of benzene rings is 1. The number of allylic oxidation sites excluding steroid dienone is 1. The number of nitrogens with two attached hydrogens (primary N) is 1. The van der Waals surface area contributed by atoms with Gasteiger partial charge in [-0.2, -0.15) is 0 Å². The lowest BCUT2D eigenvalue weighted by atomic mass is 10.2. The Morgan fingerprint density at radius 1 is 1.33 bits per heavy atom. The Balaban J connectivity index is 2.77. The van der Waals surface area contributed by atoms with Crippen LogP contribution in [-0.2, 0) is 10.0 Å². The molecule has 0 fully saturated rings. The number of nitro benzene ring substituents is 1. The van der Waals surface area contributed by atoms with E-state index in [1.54, 1.807) is 0 Å². The zero-order valence-corrected chi connectivity index (χ0v) is 12.3. The number of unbranched alkanes of at least 4 members (excludes halogenated alkanes) is 3. The molecule has 7 nitrogen and oxygen atoms in total. The van der Waals surface area contributed by atoms with Crippen LogP contribution in [0.1, 0.15) is 25.7 Å². The molecule has 0 bridgehead atoms. The van der Waals surface area contributed by atoms with E-state index >= 15 is 0 Å². The largest absolute Gasteiger partial charge is 0.492 e. The molecule has 116 valence electrons. The molecule has 21 heavy (non-hydrogen) atoms. The van der Waals surface area contributed by atoms with E-state index in [1.165, 1.54) is 12.1 Å². The van der Waals surface area contributed by atoms with Crippen LogP contribution in [0.3, 0.4) is 0 Å². The first-order valence-corrected chi connectivity index (χ1v) is 7.96. The Bertz CT molecular complexity index is 613. The SMILES string of the molecule is C=CCCCCCOc1ccc([N+](=O)[O-])cc1S(N)(=O)=O. The molecule has 0 atom stereocenters. The Morgan fingerprint density at radius 3 is 2.62 bits per heavy atom. The lowest BCUT2D eigenvalue weighted by molar-refractivity contribution is -0.385. The molecule has 0 aliphatic rings. The van der Waals surface area contributed by atoms with Crippen molar-refractivity contribution in [1.29, 1.82) is 0 Å². The van der Waals surface area contributed by atoms with Gasteiger partial charge in [-0.15, -0.1) is 6.58 Å². The van der Waals surface area contributed by atoms with E-state index in [0.717, 1.165) is 31.7 Å². The summed E-state index contributed by atoms with van der Waals surface area (Å²) in [5, 5.41) is 15.7. The molecule has 0 radical (unpaired) electrons. The molecule has 0 saturated carbocycles. The van der Waals surface area contributed by atoms with Gasteiger partial charge in [0.25, 0.3) is 5.69 Å². The number of nitro groups is 1. The second-order valence-electron chi connectivity index (χ2n) is 4.42. The fourth-order valence-electron chi connectivity index (χ4n) is 1.70. The van der Waals surface area contributed by atoms with Gasteiger partial charge in [0.05, 0.1) is 11.5 Å². The van der Waals surface area contributed by atoms with Crippen molar-refractivity contribution in [2.24, 2.45) is 5.14 Å². The highest BCUT2D eigenvalue weighted by Gasteiger charge is 2.19. The highest BCUT2D eigenvalue weighted by atomic mass is 32.2. The number of nitrogens with zero attached hydrogens (tertiary/aromatic N) is 1. The summed E-state index contributed by atoms with van der Waals surface area (Å²) in [5.74, 6) is 0.0341. The predicted octanol–water partition coefficient (Wildman–Crippen LogP) is 2.37. The van der Waals surface area contributed by atoms with E-state index in [-0.39, 0.29) is 16.3 Å². The monoisotopic (exact) mass is 314 g/mol. The second-order valence-corrected chi connectivity index (χ2v) is 5.95. The van der Waals surface area contributed by atoms with Gasteiger partial charge in [-0.05, 0) is 31.7 Å². The number of ether oxygens (including phenoxy) is 1. The average Bonchev–Trinajstić information content (AvgIpc) is 2.41. The van der Waals surface area contributed by atoms with Crippen molar-refractivity contribution in [3.8, 4) is 5.75 Å². The normalized spacial score (nSPS) is 11.1. The van der Waals surface area contributed by atoms with Gasteiger partial charge in [0.15, 0.2) is 0 Å². The van der Waals surface area contributed by atoms with Crippen molar-refractivity contribution in [2.45, 2.75) is 30.6 Å². The minimum absolute atomic E-state index is 0.0341. The lowest BCUT2D eigenvalue weighted by Crippen LogP contribution is -2.14. The van der Waals surface area contributed by atoms with E-state index in [2.05, 4.69) is 6.58 Å². The molecule has 0 amide bonds. The fourth-order valence-corrected chi connectivity index (χ4v) is 2.39. The van der Waals surface area contributed by atoms with Crippen LogP contribution in [0.15, 0.2) is 35.7 Å². The Labute approximate surface area is 123 Å². The summed E-state index contributed by atoms with van der Waals surface area (Å²) in [5.41, 5.74) is -0.350. The van der Waals surface area contributed by atoms with Crippen LogP contribution >= 0.6 is 0 Å². The van der Waals surface area contributed by atoms with Crippen LogP contribution in [0.5, 0.6) is 5.75 Å². The van der Waals surface area contributed by atoms with Crippen LogP contribution in [0.4, 0.5) is 5.69 Å². The maximum atomic E-state index is 11.5. The molecule has 0 aliphatic heterocycles. The molecular formula is C13H18N2O5S. The van der Waals surface area contributed by atoms with Crippen molar-refractivity contribution in [2.75, 3.05) is 6.61 Å².